The minimum absolute atomic E-state index is 0.0678. The van der Waals surface area contributed by atoms with E-state index in [1.165, 1.54) is 64.2 Å². The lowest BCUT2D eigenvalue weighted by molar-refractivity contribution is -0.144. The molecule has 0 aromatic carbocycles. The molecule has 0 N–H and O–H groups in total. The van der Waals surface area contributed by atoms with E-state index in [1.54, 1.807) is 0 Å². The second-order valence-electron chi connectivity index (χ2n) is 6.47. The number of unbranched alkanes of at least 4 members (excludes halogenated alkanes) is 10. The number of hydrogen-bond donors (Lipinski definition) is 0. The van der Waals surface area contributed by atoms with Gasteiger partial charge in [-0.05, 0) is 19.3 Å². The maximum Gasteiger partial charge on any atom is 0.305 e. The molecular formula is C20H40O3. The average Bonchev–Trinajstić information content (AvgIpc) is 2.55. The zero-order valence-electron chi connectivity index (χ0n) is 15.7. The van der Waals surface area contributed by atoms with Gasteiger partial charge in [-0.25, -0.2) is 0 Å². The summed E-state index contributed by atoms with van der Waals surface area (Å²) < 4.78 is 10.8. The van der Waals surface area contributed by atoms with Crippen LogP contribution < -0.4 is 0 Å². The van der Waals surface area contributed by atoms with Gasteiger partial charge < -0.3 is 9.47 Å². The highest BCUT2D eigenvalue weighted by Gasteiger charge is 2.02. The largest absolute Gasteiger partial charge is 0.466 e. The summed E-state index contributed by atoms with van der Waals surface area (Å²) in [5.41, 5.74) is 0. The van der Waals surface area contributed by atoms with E-state index in [0.29, 0.717) is 19.6 Å². The van der Waals surface area contributed by atoms with Crippen molar-refractivity contribution in [1.29, 1.82) is 0 Å². The summed E-state index contributed by atoms with van der Waals surface area (Å²) in [7, 11) is 0. The summed E-state index contributed by atoms with van der Waals surface area (Å²) in [6, 6.07) is 0. The van der Waals surface area contributed by atoms with Crippen molar-refractivity contribution in [2.45, 2.75) is 104 Å². The van der Waals surface area contributed by atoms with E-state index in [1.807, 2.05) is 0 Å². The van der Waals surface area contributed by atoms with E-state index >= 15 is 0 Å². The van der Waals surface area contributed by atoms with Crippen molar-refractivity contribution in [3.63, 3.8) is 0 Å². The third-order valence-electron chi connectivity index (χ3n) is 4.07. The first kappa shape index (κ1) is 22.4. The predicted molar refractivity (Wildman–Crippen MR) is 97.8 cm³/mol. The van der Waals surface area contributed by atoms with Crippen LogP contribution in [0.4, 0.5) is 0 Å². The van der Waals surface area contributed by atoms with E-state index in [0.717, 1.165) is 25.9 Å². The summed E-state index contributed by atoms with van der Waals surface area (Å²) >= 11 is 0. The molecule has 138 valence electrons. The molecule has 3 heteroatoms. The van der Waals surface area contributed by atoms with E-state index in [-0.39, 0.29) is 5.97 Å². The Morgan fingerprint density at radius 1 is 0.609 bits per heavy atom. The van der Waals surface area contributed by atoms with Crippen molar-refractivity contribution in [1.82, 2.24) is 0 Å². The van der Waals surface area contributed by atoms with Crippen LogP contribution in [0.3, 0.4) is 0 Å². The zero-order valence-corrected chi connectivity index (χ0v) is 15.7. The van der Waals surface area contributed by atoms with Crippen molar-refractivity contribution >= 4 is 5.97 Å². The normalized spacial score (nSPS) is 10.9. The summed E-state index contributed by atoms with van der Waals surface area (Å²) in [5.74, 6) is -0.0678. The molecule has 0 bridgehead atoms. The molecule has 0 radical (unpaired) electrons. The SMILES string of the molecule is CCCCCCCCOCCCC(=O)OCCCCCCCC. The Morgan fingerprint density at radius 2 is 1.09 bits per heavy atom. The van der Waals surface area contributed by atoms with Gasteiger partial charge in [-0.2, -0.15) is 0 Å². The number of carbonyl (C=O) groups excluding carboxylic acids is 1. The number of esters is 1. The molecule has 23 heavy (non-hydrogen) atoms. The van der Waals surface area contributed by atoms with Crippen LogP contribution in [-0.2, 0) is 14.3 Å². The van der Waals surface area contributed by atoms with Crippen LogP contribution >= 0.6 is 0 Å². The van der Waals surface area contributed by atoms with Crippen molar-refractivity contribution in [2.75, 3.05) is 19.8 Å². The molecule has 0 aliphatic rings. The van der Waals surface area contributed by atoms with Crippen LogP contribution in [0.15, 0.2) is 0 Å². The van der Waals surface area contributed by atoms with Gasteiger partial charge in [-0.3, -0.25) is 4.79 Å². The maximum absolute atomic E-state index is 11.5. The molecule has 3 nitrogen and oxygen atoms in total. The van der Waals surface area contributed by atoms with Gasteiger partial charge in [-0.15, -0.1) is 0 Å². The van der Waals surface area contributed by atoms with E-state index in [2.05, 4.69) is 13.8 Å². The Labute approximate surface area is 144 Å². The van der Waals surface area contributed by atoms with Gasteiger partial charge in [0.05, 0.1) is 6.61 Å². The van der Waals surface area contributed by atoms with Gasteiger partial charge in [-0.1, -0.05) is 78.1 Å². The number of hydrogen-bond acceptors (Lipinski definition) is 3. The Morgan fingerprint density at radius 3 is 1.70 bits per heavy atom. The molecule has 0 aromatic heterocycles. The van der Waals surface area contributed by atoms with E-state index < -0.39 is 0 Å². The molecule has 0 aliphatic heterocycles. The Kier molecular flexibility index (Phi) is 19.0. The van der Waals surface area contributed by atoms with Crippen LogP contribution in [0.1, 0.15) is 104 Å². The number of carbonyl (C=O) groups is 1. The minimum Gasteiger partial charge on any atom is -0.466 e. The average molecular weight is 329 g/mol. The van der Waals surface area contributed by atoms with E-state index in [4.69, 9.17) is 9.47 Å². The second kappa shape index (κ2) is 19.5. The molecule has 0 fully saturated rings. The fourth-order valence-electron chi connectivity index (χ4n) is 2.55. The molecular weight excluding hydrogens is 288 g/mol. The predicted octanol–water partition coefficient (Wildman–Crippen LogP) is 6.05. The summed E-state index contributed by atoms with van der Waals surface area (Å²) in [6.07, 6.45) is 16.3. The summed E-state index contributed by atoms with van der Waals surface area (Å²) in [5, 5.41) is 0. The van der Waals surface area contributed by atoms with Gasteiger partial charge in [0.25, 0.3) is 0 Å². The molecule has 0 saturated carbocycles. The molecule has 0 atom stereocenters. The maximum atomic E-state index is 11.5. The Bertz CT molecular complexity index is 241. The van der Waals surface area contributed by atoms with Crippen LogP contribution in [0.25, 0.3) is 0 Å². The fraction of sp³-hybridized carbons (Fsp3) is 0.950. The van der Waals surface area contributed by atoms with E-state index in [9.17, 15) is 4.79 Å². The van der Waals surface area contributed by atoms with Gasteiger partial charge >= 0.3 is 5.97 Å². The van der Waals surface area contributed by atoms with Crippen LogP contribution in [0, 0.1) is 0 Å². The lowest BCUT2D eigenvalue weighted by atomic mass is 10.1. The minimum atomic E-state index is -0.0678. The number of ether oxygens (including phenoxy) is 2. The third kappa shape index (κ3) is 19.4. The zero-order chi connectivity index (χ0) is 17.0. The fourth-order valence-corrected chi connectivity index (χ4v) is 2.55. The molecule has 0 rings (SSSR count). The molecule has 0 amide bonds. The first-order valence-corrected chi connectivity index (χ1v) is 10.0. The first-order chi connectivity index (χ1) is 11.3. The highest BCUT2D eigenvalue weighted by molar-refractivity contribution is 5.69. The van der Waals surface area contributed by atoms with Gasteiger partial charge in [0.2, 0.25) is 0 Å². The lowest BCUT2D eigenvalue weighted by Crippen LogP contribution is -2.07. The van der Waals surface area contributed by atoms with Crippen molar-refractivity contribution in [2.24, 2.45) is 0 Å². The highest BCUT2D eigenvalue weighted by Crippen LogP contribution is 2.06. The molecule has 0 spiro atoms. The Hall–Kier alpha value is -0.570. The van der Waals surface area contributed by atoms with Gasteiger partial charge in [0, 0.05) is 19.6 Å². The molecule has 0 unspecified atom stereocenters. The number of rotatable bonds is 18. The van der Waals surface area contributed by atoms with Crippen molar-refractivity contribution < 1.29 is 14.3 Å². The van der Waals surface area contributed by atoms with Gasteiger partial charge in [0.1, 0.15) is 0 Å². The molecule has 0 aromatic rings. The van der Waals surface area contributed by atoms with Crippen LogP contribution in [-0.4, -0.2) is 25.8 Å². The summed E-state index contributed by atoms with van der Waals surface area (Å²) in [6.45, 7) is 6.56. The van der Waals surface area contributed by atoms with Crippen molar-refractivity contribution in [3.05, 3.63) is 0 Å². The topological polar surface area (TPSA) is 35.5 Å². The molecule has 0 saturated heterocycles. The first-order valence-electron chi connectivity index (χ1n) is 10.0. The molecule has 0 heterocycles. The molecule has 0 aliphatic carbocycles. The van der Waals surface area contributed by atoms with Gasteiger partial charge in [0.15, 0.2) is 0 Å². The lowest BCUT2D eigenvalue weighted by Gasteiger charge is -2.06. The second-order valence-corrected chi connectivity index (χ2v) is 6.47. The van der Waals surface area contributed by atoms with Crippen LogP contribution in [0.2, 0.25) is 0 Å². The third-order valence-corrected chi connectivity index (χ3v) is 4.07. The smallest absolute Gasteiger partial charge is 0.305 e. The monoisotopic (exact) mass is 328 g/mol. The standard InChI is InChI=1S/C20H40O3/c1-3-5-7-9-11-13-17-22-18-15-16-20(21)23-19-14-12-10-8-6-4-2/h3-19H2,1-2H3. The van der Waals surface area contributed by atoms with Crippen molar-refractivity contribution in [3.8, 4) is 0 Å². The summed E-state index contributed by atoms with van der Waals surface area (Å²) in [4.78, 5) is 11.5. The van der Waals surface area contributed by atoms with Crippen LogP contribution in [0.5, 0.6) is 0 Å². The highest BCUT2D eigenvalue weighted by atomic mass is 16.5. The quantitative estimate of drug-likeness (QED) is 0.227. The Balaban J connectivity index is 3.13.